The molecule has 0 saturated carbocycles. The molecule has 0 bridgehead atoms. The molecule has 0 unspecified atom stereocenters. The fourth-order valence-electron chi connectivity index (χ4n) is 2.59. The highest BCUT2D eigenvalue weighted by molar-refractivity contribution is 7.14. The molecule has 0 fully saturated rings. The summed E-state index contributed by atoms with van der Waals surface area (Å²) in [6.07, 6.45) is 0. The van der Waals surface area contributed by atoms with Crippen molar-refractivity contribution in [2.45, 2.75) is 0 Å². The van der Waals surface area contributed by atoms with Gasteiger partial charge in [0, 0.05) is 5.38 Å². The molecule has 0 saturated heterocycles. The first-order valence-electron chi connectivity index (χ1n) is 7.88. The molecule has 10 heteroatoms. The van der Waals surface area contributed by atoms with E-state index in [9.17, 15) is 19.1 Å². The Morgan fingerprint density at radius 3 is 2.38 bits per heavy atom. The van der Waals surface area contributed by atoms with Gasteiger partial charge >= 0.3 is 5.97 Å². The Hall–Kier alpha value is -2.32. The first-order valence-corrected chi connectivity index (χ1v) is 9.89. The number of hydrogen-bond acceptors (Lipinski definition) is 4. The monoisotopic (exact) mass is 473 g/mol. The van der Waals surface area contributed by atoms with Gasteiger partial charge < -0.3 is 15.2 Å². The zero-order valence-electron chi connectivity index (χ0n) is 14.6. The number of benzene rings is 2. The maximum atomic E-state index is 13.2. The average molecular weight is 475 g/mol. The molecule has 0 radical (unpaired) electrons. The molecule has 2 N–H and O–H groups in total. The van der Waals surface area contributed by atoms with Crippen LogP contribution < -0.4 is 10.1 Å². The Balaban J connectivity index is 2.01. The lowest BCUT2D eigenvalue weighted by molar-refractivity contribution is 0.0699. The van der Waals surface area contributed by atoms with Gasteiger partial charge in [-0.05, 0) is 23.8 Å². The summed E-state index contributed by atoms with van der Waals surface area (Å²) in [7, 11) is 1.32. The molecule has 2 aromatic carbocycles. The van der Waals surface area contributed by atoms with Crippen LogP contribution >= 0.6 is 46.1 Å². The predicted molar refractivity (Wildman–Crippen MR) is 113 cm³/mol. The summed E-state index contributed by atoms with van der Waals surface area (Å²) in [5, 5.41) is 13.7. The third-order valence-electron chi connectivity index (χ3n) is 3.92. The minimum absolute atomic E-state index is 0.0294. The van der Waals surface area contributed by atoms with E-state index in [0.717, 1.165) is 11.3 Å². The van der Waals surface area contributed by atoms with E-state index in [1.807, 2.05) is 0 Å². The van der Waals surface area contributed by atoms with Crippen LogP contribution in [-0.4, -0.2) is 24.1 Å². The molecule has 1 aromatic heterocycles. The SMILES string of the molecule is COc1c(Cl)c(Cl)cc(C(=O)Nc2csc(-c3ccc(F)cc3)c2C(=O)O)c1Cl. The van der Waals surface area contributed by atoms with E-state index >= 15 is 0 Å². The second-order valence-electron chi connectivity index (χ2n) is 5.69. The predicted octanol–water partition coefficient (Wildman–Crippen LogP) is 6.47. The highest BCUT2D eigenvalue weighted by Gasteiger charge is 2.24. The van der Waals surface area contributed by atoms with Crippen molar-refractivity contribution in [2.75, 3.05) is 12.4 Å². The van der Waals surface area contributed by atoms with Crippen molar-refractivity contribution in [1.82, 2.24) is 0 Å². The Labute approximate surface area is 183 Å². The topological polar surface area (TPSA) is 75.6 Å². The van der Waals surface area contributed by atoms with Gasteiger partial charge in [0.2, 0.25) is 0 Å². The fourth-order valence-corrected chi connectivity index (χ4v) is 4.37. The third-order valence-corrected chi connectivity index (χ3v) is 6.10. The summed E-state index contributed by atoms with van der Waals surface area (Å²) in [4.78, 5) is 24.9. The van der Waals surface area contributed by atoms with E-state index in [0.29, 0.717) is 10.4 Å². The van der Waals surface area contributed by atoms with Gasteiger partial charge in [-0.25, -0.2) is 9.18 Å². The summed E-state index contributed by atoms with van der Waals surface area (Å²) in [5.41, 5.74) is 0.401. The molecule has 1 amide bonds. The number of carboxylic acids is 1. The van der Waals surface area contributed by atoms with Crippen LogP contribution in [0.2, 0.25) is 15.1 Å². The summed E-state index contributed by atoms with van der Waals surface area (Å²) < 4.78 is 18.3. The number of carboxylic acid groups (broad SMARTS) is 1. The largest absolute Gasteiger partial charge is 0.494 e. The maximum absolute atomic E-state index is 13.2. The van der Waals surface area contributed by atoms with E-state index in [2.05, 4.69) is 5.32 Å². The molecule has 0 atom stereocenters. The molecule has 1 heterocycles. The van der Waals surface area contributed by atoms with Crippen LogP contribution in [0.15, 0.2) is 35.7 Å². The molecule has 0 aliphatic carbocycles. The lowest BCUT2D eigenvalue weighted by Crippen LogP contribution is -2.15. The number of halogens is 4. The molecular formula is C19H11Cl3FNO4S. The van der Waals surface area contributed by atoms with Crippen molar-refractivity contribution in [3.05, 3.63) is 67.7 Å². The van der Waals surface area contributed by atoms with Crippen molar-refractivity contribution in [1.29, 1.82) is 0 Å². The second kappa shape index (κ2) is 8.59. The number of ether oxygens (including phenoxy) is 1. The lowest BCUT2D eigenvalue weighted by Gasteiger charge is -2.12. The van der Waals surface area contributed by atoms with Crippen molar-refractivity contribution in [2.24, 2.45) is 0 Å². The summed E-state index contributed by atoms with van der Waals surface area (Å²) in [6, 6.07) is 6.62. The zero-order valence-corrected chi connectivity index (χ0v) is 17.6. The van der Waals surface area contributed by atoms with E-state index < -0.39 is 17.7 Å². The van der Waals surface area contributed by atoms with Gasteiger partial charge in [-0.15, -0.1) is 11.3 Å². The number of nitrogens with one attached hydrogen (secondary N) is 1. The number of carbonyl (C=O) groups excluding carboxylic acids is 1. The minimum atomic E-state index is -1.25. The third kappa shape index (κ3) is 4.18. The molecule has 150 valence electrons. The second-order valence-corrected chi connectivity index (χ2v) is 7.73. The Bertz CT molecular complexity index is 1120. The Morgan fingerprint density at radius 2 is 1.79 bits per heavy atom. The van der Waals surface area contributed by atoms with E-state index in [1.165, 1.54) is 42.8 Å². The molecular weight excluding hydrogens is 464 g/mol. The van der Waals surface area contributed by atoms with Crippen LogP contribution in [0.25, 0.3) is 10.4 Å². The number of anilines is 1. The first-order chi connectivity index (χ1) is 13.7. The van der Waals surface area contributed by atoms with Crippen molar-refractivity contribution < 1.29 is 23.8 Å². The van der Waals surface area contributed by atoms with Crippen LogP contribution in [0.1, 0.15) is 20.7 Å². The van der Waals surface area contributed by atoms with Crippen LogP contribution in [0.4, 0.5) is 10.1 Å². The summed E-state index contributed by atoms with van der Waals surface area (Å²) in [5.74, 6) is -2.36. The van der Waals surface area contributed by atoms with Crippen molar-refractivity contribution in [3.8, 4) is 16.2 Å². The molecule has 3 rings (SSSR count). The van der Waals surface area contributed by atoms with Crippen LogP contribution in [0.3, 0.4) is 0 Å². The van der Waals surface area contributed by atoms with Crippen molar-refractivity contribution in [3.63, 3.8) is 0 Å². The fraction of sp³-hybridized carbons (Fsp3) is 0.0526. The van der Waals surface area contributed by atoms with Crippen molar-refractivity contribution >= 4 is 63.7 Å². The molecule has 0 aliphatic rings. The molecule has 29 heavy (non-hydrogen) atoms. The van der Waals surface area contributed by atoms with Crippen LogP contribution in [0, 0.1) is 5.82 Å². The normalized spacial score (nSPS) is 10.7. The van der Waals surface area contributed by atoms with Crippen LogP contribution in [-0.2, 0) is 0 Å². The number of aromatic carboxylic acids is 1. The number of methoxy groups -OCH3 is 1. The van der Waals surface area contributed by atoms with E-state index in [4.69, 9.17) is 39.5 Å². The van der Waals surface area contributed by atoms with Gasteiger partial charge in [0.1, 0.15) is 16.4 Å². The van der Waals surface area contributed by atoms with Gasteiger partial charge in [0.05, 0.1) is 33.3 Å². The highest BCUT2D eigenvalue weighted by Crippen LogP contribution is 2.41. The number of thiophene rings is 1. The number of carbonyl (C=O) groups is 2. The van der Waals surface area contributed by atoms with Gasteiger partial charge in [0.15, 0.2) is 5.75 Å². The molecule has 0 spiro atoms. The standard InChI is InChI=1S/C19H11Cl3FNO4S/c1-28-16-14(21)10(6-11(20)15(16)22)18(25)24-12-7-29-17(13(12)19(26)27)8-2-4-9(23)5-3-8/h2-7H,1H3,(H,24,25)(H,26,27). The summed E-state index contributed by atoms with van der Waals surface area (Å²) >= 11 is 19.3. The van der Waals surface area contributed by atoms with E-state index in [-0.39, 0.29) is 37.6 Å². The average Bonchev–Trinajstić information content (AvgIpc) is 3.09. The van der Waals surface area contributed by atoms with Gasteiger partial charge in [-0.2, -0.15) is 0 Å². The molecule has 3 aromatic rings. The van der Waals surface area contributed by atoms with Gasteiger partial charge in [-0.3, -0.25) is 4.79 Å². The Morgan fingerprint density at radius 1 is 1.14 bits per heavy atom. The molecule has 0 aliphatic heterocycles. The number of amides is 1. The lowest BCUT2D eigenvalue weighted by atomic mass is 10.1. The quantitative estimate of drug-likeness (QED) is 0.415. The smallest absolute Gasteiger partial charge is 0.339 e. The van der Waals surface area contributed by atoms with Gasteiger partial charge in [0.25, 0.3) is 5.91 Å². The maximum Gasteiger partial charge on any atom is 0.339 e. The molecule has 5 nitrogen and oxygen atoms in total. The minimum Gasteiger partial charge on any atom is -0.494 e. The summed E-state index contributed by atoms with van der Waals surface area (Å²) in [6.45, 7) is 0. The first kappa shape index (κ1) is 21.4. The number of hydrogen-bond donors (Lipinski definition) is 2. The van der Waals surface area contributed by atoms with Crippen LogP contribution in [0.5, 0.6) is 5.75 Å². The highest BCUT2D eigenvalue weighted by atomic mass is 35.5. The Kier molecular flexibility index (Phi) is 6.33. The number of rotatable bonds is 5. The zero-order chi connectivity index (χ0) is 21.3. The van der Waals surface area contributed by atoms with Gasteiger partial charge in [-0.1, -0.05) is 46.9 Å². The van der Waals surface area contributed by atoms with E-state index in [1.54, 1.807) is 0 Å².